The van der Waals surface area contributed by atoms with Crippen LogP contribution in [0.1, 0.15) is 17.5 Å². The van der Waals surface area contributed by atoms with E-state index in [1.807, 2.05) is 30.3 Å². The molecule has 0 spiro atoms. The van der Waals surface area contributed by atoms with Gasteiger partial charge < -0.3 is 4.90 Å². The number of benzene rings is 2. The highest BCUT2D eigenvalue weighted by molar-refractivity contribution is 7.88. The maximum absolute atomic E-state index is 12.6. The number of halogens is 1. The van der Waals surface area contributed by atoms with Crippen LogP contribution in [-0.4, -0.2) is 38.0 Å². The molecule has 0 N–H and O–H groups in total. The van der Waals surface area contributed by atoms with Gasteiger partial charge in [-0.2, -0.15) is 4.31 Å². The summed E-state index contributed by atoms with van der Waals surface area (Å²) in [5.74, 6) is -0.0669. The topological polar surface area (TPSA) is 57.7 Å². The van der Waals surface area contributed by atoms with Crippen LogP contribution in [0, 0.1) is 0 Å². The van der Waals surface area contributed by atoms with Crippen LogP contribution in [0.15, 0.2) is 48.5 Å². The number of nitrogens with zero attached hydrogens (tertiary/aromatic N) is 2. The van der Waals surface area contributed by atoms with Gasteiger partial charge in [0.1, 0.15) is 0 Å². The summed E-state index contributed by atoms with van der Waals surface area (Å²) in [6.07, 6.45) is 2.11. The van der Waals surface area contributed by atoms with Crippen LogP contribution in [0.3, 0.4) is 0 Å². The molecule has 0 atom stereocenters. The van der Waals surface area contributed by atoms with Gasteiger partial charge in [0.05, 0.1) is 6.26 Å². The summed E-state index contributed by atoms with van der Waals surface area (Å²) < 4.78 is 25.6. The maximum Gasteiger partial charge on any atom is 0.228 e. The summed E-state index contributed by atoms with van der Waals surface area (Å²) in [6, 6.07) is 14.9. The van der Waals surface area contributed by atoms with Crippen molar-refractivity contribution >= 4 is 33.2 Å². The zero-order valence-corrected chi connectivity index (χ0v) is 16.1. The molecule has 2 aromatic rings. The second-order valence-electron chi connectivity index (χ2n) is 6.36. The van der Waals surface area contributed by atoms with Crippen molar-refractivity contribution in [3.8, 4) is 0 Å². The number of fused-ring (bicyclic) bond motifs is 1. The van der Waals surface area contributed by atoms with Crippen LogP contribution in [0.2, 0.25) is 5.02 Å². The fourth-order valence-electron chi connectivity index (χ4n) is 3.13. The van der Waals surface area contributed by atoms with E-state index in [4.69, 9.17) is 11.6 Å². The van der Waals surface area contributed by atoms with E-state index in [0.717, 1.165) is 29.5 Å². The second-order valence-corrected chi connectivity index (χ2v) is 8.75. The van der Waals surface area contributed by atoms with Crippen molar-refractivity contribution in [2.75, 3.05) is 24.2 Å². The Morgan fingerprint density at radius 3 is 2.58 bits per heavy atom. The van der Waals surface area contributed by atoms with Crippen LogP contribution in [-0.2, 0) is 27.8 Å². The molecule has 1 heterocycles. The number of hydrogen-bond donors (Lipinski definition) is 0. The third-order valence-electron chi connectivity index (χ3n) is 4.54. The Balaban J connectivity index is 1.69. The van der Waals surface area contributed by atoms with Gasteiger partial charge in [-0.05, 0) is 29.7 Å². The Morgan fingerprint density at radius 1 is 1.15 bits per heavy atom. The van der Waals surface area contributed by atoms with Gasteiger partial charge in [0, 0.05) is 36.8 Å². The number of carbonyl (C=O) groups is 1. The largest absolute Gasteiger partial charge is 0.312 e. The van der Waals surface area contributed by atoms with Crippen molar-refractivity contribution in [2.24, 2.45) is 0 Å². The monoisotopic (exact) mass is 392 g/mol. The van der Waals surface area contributed by atoms with E-state index < -0.39 is 10.0 Å². The van der Waals surface area contributed by atoms with Crippen LogP contribution < -0.4 is 4.90 Å². The van der Waals surface area contributed by atoms with Crippen molar-refractivity contribution < 1.29 is 13.2 Å². The van der Waals surface area contributed by atoms with E-state index in [1.165, 1.54) is 4.31 Å². The summed E-state index contributed by atoms with van der Waals surface area (Å²) in [6.45, 7) is 0.922. The Bertz CT molecular complexity index is 915. The predicted octanol–water partition coefficient (Wildman–Crippen LogP) is 3.08. The van der Waals surface area contributed by atoms with Crippen LogP contribution in [0.25, 0.3) is 0 Å². The van der Waals surface area contributed by atoms with Crippen molar-refractivity contribution in [3.05, 3.63) is 64.7 Å². The molecule has 1 amide bonds. The van der Waals surface area contributed by atoms with E-state index >= 15 is 0 Å². The zero-order valence-electron chi connectivity index (χ0n) is 14.6. The van der Waals surface area contributed by atoms with Gasteiger partial charge in [0.15, 0.2) is 0 Å². The molecule has 1 aliphatic heterocycles. The Kier molecular flexibility index (Phi) is 5.65. The third kappa shape index (κ3) is 4.26. The molecule has 0 fully saturated rings. The summed E-state index contributed by atoms with van der Waals surface area (Å²) in [5.41, 5.74) is 2.80. The summed E-state index contributed by atoms with van der Waals surface area (Å²) in [5, 5.41) is 0.515. The number of rotatable bonds is 6. The predicted molar refractivity (Wildman–Crippen MR) is 104 cm³/mol. The summed E-state index contributed by atoms with van der Waals surface area (Å²) >= 11 is 6.14. The standard InChI is InChI=1S/C19H21ClN2O3S/c1-26(24,25)21(14-16-7-2-4-8-17(16)20)12-11-19(23)22-13-10-15-6-3-5-9-18(15)22/h2-9H,10-14H2,1H3. The first-order valence-electron chi connectivity index (χ1n) is 8.43. The van der Waals surface area contributed by atoms with Gasteiger partial charge >= 0.3 is 0 Å². The molecule has 0 aromatic heterocycles. The van der Waals surface area contributed by atoms with E-state index in [9.17, 15) is 13.2 Å². The van der Waals surface area contributed by atoms with Gasteiger partial charge in [-0.15, -0.1) is 0 Å². The van der Waals surface area contributed by atoms with Gasteiger partial charge in [0.25, 0.3) is 0 Å². The molecular formula is C19H21ClN2O3S. The fraction of sp³-hybridized carbons (Fsp3) is 0.316. The highest BCUT2D eigenvalue weighted by Gasteiger charge is 2.26. The number of anilines is 1. The molecule has 0 bridgehead atoms. The molecule has 5 nitrogen and oxygen atoms in total. The summed E-state index contributed by atoms with van der Waals surface area (Å²) in [7, 11) is -3.46. The summed E-state index contributed by atoms with van der Waals surface area (Å²) in [4.78, 5) is 14.4. The lowest BCUT2D eigenvalue weighted by Gasteiger charge is -2.22. The quantitative estimate of drug-likeness (QED) is 0.759. The molecule has 0 radical (unpaired) electrons. The molecular weight excluding hydrogens is 372 g/mol. The van der Waals surface area contributed by atoms with Crippen LogP contribution in [0.4, 0.5) is 5.69 Å². The van der Waals surface area contributed by atoms with Crippen LogP contribution in [0.5, 0.6) is 0 Å². The molecule has 2 aromatic carbocycles. The van der Waals surface area contributed by atoms with Crippen molar-refractivity contribution in [3.63, 3.8) is 0 Å². The van der Waals surface area contributed by atoms with Gasteiger partial charge in [0.2, 0.25) is 15.9 Å². The smallest absolute Gasteiger partial charge is 0.228 e. The maximum atomic E-state index is 12.6. The first kappa shape index (κ1) is 18.9. The van der Waals surface area contributed by atoms with E-state index in [2.05, 4.69) is 0 Å². The highest BCUT2D eigenvalue weighted by atomic mass is 35.5. The molecule has 26 heavy (non-hydrogen) atoms. The molecule has 0 aliphatic carbocycles. The Hall–Kier alpha value is -1.89. The van der Waals surface area contributed by atoms with Crippen molar-refractivity contribution in [1.82, 2.24) is 4.31 Å². The number of carbonyl (C=O) groups excluding carboxylic acids is 1. The molecule has 0 unspecified atom stereocenters. The lowest BCUT2D eigenvalue weighted by Crippen LogP contribution is -2.36. The molecule has 1 aliphatic rings. The van der Waals surface area contributed by atoms with Crippen molar-refractivity contribution in [2.45, 2.75) is 19.4 Å². The average Bonchev–Trinajstić information content (AvgIpc) is 3.03. The van der Waals surface area contributed by atoms with Gasteiger partial charge in [-0.1, -0.05) is 48.0 Å². The molecule has 0 saturated carbocycles. The fourth-order valence-corrected chi connectivity index (χ4v) is 4.12. The lowest BCUT2D eigenvalue weighted by atomic mass is 10.2. The lowest BCUT2D eigenvalue weighted by molar-refractivity contribution is -0.118. The molecule has 3 rings (SSSR count). The molecule has 138 valence electrons. The normalized spacial score (nSPS) is 13.9. The number of hydrogen-bond acceptors (Lipinski definition) is 3. The van der Waals surface area contributed by atoms with Crippen LogP contribution >= 0.6 is 11.6 Å². The van der Waals surface area contributed by atoms with E-state index in [0.29, 0.717) is 11.6 Å². The minimum atomic E-state index is -3.46. The number of amides is 1. The molecule has 0 saturated heterocycles. The first-order chi connectivity index (χ1) is 12.4. The Labute approximate surface area is 159 Å². The third-order valence-corrected chi connectivity index (χ3v) is 6.16. The SMILES string of the molecule is CS(=O)(=O)N(CCC(=O)N1CCc2ccccc21)Cc1ccccc1Cl. The zero-order chi connectivity index (χ0) is 18.7. The van der Waals surface area contributed by atoms with E-state index in [1.54, 1.807) is 23.1 Å². The second kappa shape index (κ2) is 7.78. The van der Waals surface area contributed by atoms with Gasteiger partial charge in [-0.3, -0.25) is 4.79 Å². The average molecular weight is 393 g/mol. The van der Waals surface area contributed by atoms with Gasteiger partial charge in [-0.25, -0.2) is 8.42 Å². The minimum absolute atomic E-state index is 0.0669. The minimum Gasteiger partial charge on any atom is -0.312 e. The van der Waals surface area contributed by atoms with E-state index in [-0.39, 0.29) is 25.4 Å². The Morgan fingerprint density at radius 2 is 1.85 bits per heavy atom. The number of para-hydroxylation sites is 1. The highest BCUT2D eigenvalue weighted by Crippen LogP contribution is 2.28. The number of sulfonamides is 1. The first-order valence-corrected chi connectivity index (χ1v) is 10.7. The molecule has 7 heteroatoms. The van der Waals surface area contributed by atoms with Crippen molar-refractivity contribution in [1.29, 1.82) is 0 Å².